The minimum atomic E-state index is -0.312. The third-order valence-corrected chi connectivity index (χ3v) is 6.75. The standard InChI is InChI=1S/C28H26FN7O/c1-19-16-24(22-4-2-3-5-23(22)32-19)34-12-14-35(15-13-34)26(37)18-31-28-27(20-6-8-21(29)9-7-20)33-25-17-30-10-11-36(25)28/h2-11,16-17,31H,12-15,18H2,1H3. The van der Waals surface area contributed by atoms with Gasteiger partial charge >= 0.3 is 0 Å². The van der Waals surface area contributed by atoms with Crippen LogP contribution in [-0.2, 0) is 4.79 Å². The maximum Gasteiger partial charge on any atom is 0.242 e. The fourth-order valence-electron chi connectivity index (χ4n) is 4.90. The van der Waals surface area contributed by atoms with Gasteiger partial charge in [0.1, 0.15) is 17.3 Å². The SMILES string of the molecule is Cc1cc(N2CCN(C(=O)CNc3c(-c4ccc(F)cc4)nc4cnccn34)CC2)c2ccccc2n1. The van der Waals surface area contributed by atoms with E-state index in [0.717, 1.165) is 40.9 Å². The molecule has 0 radical (unpaired) electrons. The number of piperazine rings is 1. The molecule has 1 saturated heterocycles. The number of anilines is 2. The summed E-state index contributed by atoms with van der Waals surface area (Å²) in [5.74, 6) is 0.382. The quantitative estimate of drug-likeness (QED) is 0.395. The summed E-state index contributed by atoms with van der Waals surface area (Å²) in [5.41, 5.74) is 5.18. The van der Waals surface area contributed by atoms with Gasteiger partial charge in [-0.1, -0.05) is 18.2 Å². The Morgan fingerprint density at radius 2 is 1.81 bits per heavy atom. The van der Waals surface area contributed by atoms with Crippen LogP contribution in [0.3, 0.4) is 0 Å². The molecule has 9 heteroatoms. The Morgan fingerprint density at radius 3 is 2.62 bits per heavy atom. The highest BCUT2D eigenvalue weighted by atomic mass is 19.1. The fourth-order valence-corrected chi connectivity index (χ4v) is 4.90. The first-order valence-electron chi connectivity index (χ1n) is 12.3. The van der Waals surface area contributed by atoms with Gasteiger partial charge in [0.25, 0.3) is 0 Å². The number of nitrogens with one attached hydrogen (secondary N) is 1. The van der Waals surface area contributed by atoms with Crippen molar-refractivity contribution in [1.82, 2.24) is 24.3 Å². The third kappa shape index (κ3) is 4.44. The number of carbonyl (C=O) groups is 1. The van der Waals surface area contributed by atoms with Crippen LogP contribution in [0.25, 0.3) is 27.8 Å². The van der Waals surface area contributed by atoms with Crippen LogP contribution in [0.15, 0.2) is 73.2 Å². The number of amides is 1. The summed E-state index contributed by atoms with van der Waals surface area (Å²) >= 11 is 0. The molecule has 1 amide bonds. The lowest BCUT2D eigenvalue weighted by Crippen LogP contribution is -2.50. The van der Waals surface area contributed by atoms with Crippen molar-refractivity contribution < 1.29 is 9.18 Å². The number of imidazole rings is 1. The van der Waals surface area contributed by atoms with Gasteiger partial charge in [0.15, 0.2) is 5.65 Å². The summed E-state index contributed by atoms with van der Waals surface area (Å²) in [6.07, 6.45) is 5.12. The van der Waals surface area contributed by atoms with E-state index in [1.807, 2.05) is 34.4 Å². The smallest absolute Gasteiger partial charge is 0.242 e. The summed E-state index contributed by atoms with van der Waals surface area (Å²) in [5, 5.41) is 4.42. The van der Waals surface area contributed by atoms with Crippen molar-refractivity contribution in [3.05, 3.63) is 84.7 Å². The second kappa shape index (κ2) is 9.50. The molecule has 0 saturated carbocycles. The maximum atomic E-state index is 13.5. The Hall–Kier alpha value is -4.53. The monoisotopic (exact) mass is 495 g/mol. The Balaban J connectivity index is 1.17. The first-order valence-corrected chi connectivity index (χ1v) is 12.3. The predicted molar refractivity (Wildman–Crippen MR) is 142 cm³/mol. The highest BCUT2D eigenvalue weighted by molar-refractivity contribution is 5.92. The van der Waals surface area contributed by atoms with Crippen LogP contribution in [0, 0.1) is 12.7 Å². The first-order chi connectivity index (χ1) is 18.1. The van der Waals surface area contributed by atoms with Crippen LogP contribution >= 0.6 is 0 Å². The van der Waals surface area contributed by atoms with Crippen LogP contribution in [0.1, 0.15) is 5.69 Å². The molecule has 0 spiro atoms. The van der Waals surface area contributed by atoms with Gasteiger partial charge in [-0.25, -0.2) is 9.37 Å². The van der Waals surface area contributed by atoms with E-state index in [-0.39, 0.29) is 18.3 Å². The fraction of sp³-hybridized carbons (Fsp3) is 0.214. The van der Waals surface area contributed by atoms with E-state index in [0.29, 0.717) is 30.2 Å². The maximum absolute atomic E-state index is 13.5. The lowest BCUT2D eigenvalue weighted by molar-refractivity contribution is -0.129. The van der Waals surface area contributed by atoms with E-state index in [1.54, 1.807) is 30.7 Å². The highest BCUT2D eigenvalue weighted by Crippen LogP contribution is 2.29. The van der Waals surface area contributed by atoms with Crippen molar-refractivity contribution in [3.8, 4) is 11.3 Å². The number of hydrogen-bond donors (Lipinski definition) is 1. The molecule has 3 aromatic heterocycles. The van der Waals surface area contributed by atoms with Crippen LogP contribution in [0.2, 0.25) is 0 Å². The highest BCUT2D eigenvalue weighted by Gasteiger charge is 2.23. The topological polar surface area (TPSA) is 78.7 Å². The molecular weight excluding hydrogens is 469 g/mol. The van der Waals surface area contributed by atoms with Gasteiger partial charge in [0, 0.05) is 60.9 Å². The van der Waals surface area contributed by atoms with Crippen molar-refractivity contribution in [1.29, 1.82) is 0 Å². The molecular formula is C28H26FN7O. The van der Waals surface area contributed by atoms with Crippen molar-refractivity contribution in [2.24, 2.45) is 0 Å². The normalized spacial score (nSPS) is 13.9. The zero-order valence-corrected chi connectivity index (χ0v) is 20.4. The number of hydrogen-bond acceptors (Lipinski definition) is 6. The molecule has 186 valence electrons. The molecule has 0 bridgehead atoms. The zero-order valence-electron chi connectivity index (χ0n) is 20.4. The van der Waals surface area contributed by atoms with Gasteiger partial charge in [-0.3, -0.25) is 19.2 Å². The van der Waals surface area contributed by atoms with Gasteiger partial charge in [-0.15, -0.1) is 0 Å². The van der Waals surface area contributed by atoms with Crippen molar-refractivity contribution in [2.45, 2.75) is 6.92 Å². The Bertz CT molecular complexity index is 1590. The summed E-state index contributed by atoms with van der Waals surface area (Å²) in [6, 6.07) is 16.5. The number of para-hydroxylation sites is 1. The van der Waals surface area contributed by atoms with Crippen molar-refractivity contribution in [2.75, 3.05) is 42.9 Å². The summed E-state index contributed by atoms with van der Waals surface area (Å²) < 4.78 is 15.3. The molecule has 1 aliphatic rings. The van der Waals surface area contributed by atoms with Gasteiger partial charge in [-0.2, -0.15) is 0 Å². The molecule has 0 atom stereocenters. The van der Waals surface area contributed by atoms with E-state index in [1.165, 1.54) is 12.1 Å². The number of aromatic nitrogens is 4. The van der Waals surface area contributed by atoms with E-state index < -0.39 is 0 Å². The van der Waals surface area contributed by atoms with Gasteiger partial charge in [-0.05, 0) is 43.3 Å². The molecule has 2 aromatic carbocycles. The minimum absolute atomic E-state index is 0.0180. The molecule has 4 heterocycles. The van der Waals surface area contributed by atoms with Crippen LogP contribution < -0.4 is 10.2 Å². The van der Waals surface area contributed by atoms with Gasteiger partial charge in [0.05, 0.1) is 18.3 Å². The molecule has 37 heavy (non-hydrogen) atoms. The summed E-state index contributed by atoms with van der Waals surface area (Å²) in [7, 11) is 0. The molecule has 1 fully saturated rings. The average Bonchev–Trinajstić information content (AvgIpc) is 3.30. The number of aryl methyl sites for hydroxylation is 1. The molecule has 0 unspecified atom stereocenters. The largest absolute Gasteiger partial charge is 0.367 e. The molecule has 1 N–H and O–H groups in total. The number of halogens is 1. The van der Waals surface area contributed by atoms with Crippen molar-refractivity contribution >= 4 is 34.0 Å². The van der Waals surface area contributed by atoms with Gasteiger partial charge < -0.3 is 15.1 Å². The van der Waals surface area contributed by atoms with Crippen molar-refractivity contribution in [3.63, 3.8) is 0 Å². The first kappa shape index (κ1) is 22.9. The number of pyridine rings is 1. The number of nitrogens with zero attached hydrogens (tertiary/aromatic N) is 6. The number of carbonyl (C=O) groups excluding carboxylic acids is 1. The van der Waals surface area contributed by atoms with Crippen LogP contribution in [-0.4, -0.2) is 62.9 Å². The Labute approximate surface area is 213 Å². The second-order valence-electron chi connectivity index (χ2n) is 9.14. The van der Waals surface area contributed by atoms with Gasteiger partial charge in [0.2, 0.25) is 5.91 Å². The number of benzene rings is 2. The number of rotatable bonds is 5. The summed E-state index contributed by atoms with van der Waals surface area (Å²) in [6.45, 7) is 4.91. The Kier molecular flexibility index (Phi) is 5.88. The molecule has 5 aromatic rings. The molecule has 6 rings (SSSR count). The van der Waals surface area contributed by atoms with E-state index in [4.69, 9.17) is 0 Å². The van der Waals surface area contributed by atoms with Crippen LogP contribution in [0.4, 0.5) is 15.9 Å². The zero-order chi connectivity index (χ0) is 25.4. The lowest BCUT2D eigenvalue weighted by atomic mass is 10.1. The van der Waals surface area contributed by atoms with E-state index >= 15 is 0 Å². The van der Waals surface area contributed by atoms with E-state index in [9.17, 15) is 9.18 Å². The second-order valence-corrected chi connectivity index (χ2v) is 9.14. The molecule has 8 nitrogen and oxygen atoms in total. The predicted octanol–water partition coefficient (Wildman–Crippen LogP) is 4.15. The van der Waals surface area contributed by atoms with Crippen LogP contribution in [0.5, 0.6) is 0 Å². The summed E-state index contributed by atoms with van der Waals surface area (Å²) in [4.78, 5) is 30.8. The average molecular weight is 496 g/mol. The third-order valence-electron chi connectivity index (χ3n) is 6.75. The Morgan fingerprint density at radius 1 is 1.03 bits per heavy atom. The lowest BCUT2D eigenvalue weighted by Gasteiger charge is -2.36. The minimum Gasteiger partial charge on any atom is -0.367 e. The molecule has 1 aliphatic heterocycles. The number of fused-ring (bicyclic) bond motifs is 2. The molecule has 0 aliphatic carbocycles. The van der Waals surface area contributed by atoms with E-state index in [2.05, 4.69) is 37.3 Å².